The summed E-state index contributed by atoms with van der Waals surface area (Å²) in [6, 6.07) is 0.167. The van der Waals surface area contributed by atoms with Gasteiger partial charge in [0.05, 0.1) is 0 Å². The summed E-state index contributed by atoms with van der Waals surface area (Å²) in [4.78, 5) is 0. The van der Waals surface area contributed by atoms with E-state index in [0.717, 1.165) is 0 Å². The fourth-order valence-corrected chi connectivity index (χ4v) is 0.588. The second-order valence-electron chi connectivity index (χ2n) is 1.83. The van der Waals surface area contributed by atoms with E-state index in [1.54, 1.807) is 0 Å². The van der Waals surface area contributed by atoms with Gasteiger partial charge in [-0.15, -0.1) is 12.4 Å². The van der Waals surface area contributed by atoms with E-state index in [2.05, 4.69) is 0 Å². The standard InChI is InChI=1S/C4H8FN.ClH/c5-3-1-4(6)2-3;/h3-4H,1-2,6H2;1H. The van der Waals surface area contributed by atoms with Gasteiger partial charge in [-0.05, 0) is 12.8 Å². The molecular weight excluding hydrogens is 117 g/mol. The minimum Gasteiger partial charge on any atom is -0.327 e. The Hall–Kier alpha value is 0.180. The molecule has 0 aromatic rings. The molecule has 0 amide bonds. The number of hydrogen-bond acceptors (Lipinski definition) is 1. The third kappa shape index (κ3) is 1.61. The Morgan fingerprint density at radius 1 is 1.43 bits per heavy atom. The third-order valence-corrected chi connectivity index (χ3v) is 1.12. The first kappa shape index (κ1) is 7.18. The van der Waals surface area contributed by atoms with Gasteiger partial charge in [-0.1, -0.05) is 0 Å². The number of halogens is 2. The van der Waals surface area contributed by atoms with Crippen molar-refractivity contribution in [1.82, 2.24) is 0 Å². The summed E-state index contributed by atoms with van der Waals surface area (Å²) in [6.45, 7) is 0. The van der Waals surface area contributed by atoms with E-state index in [-0.39, 0.29) is 18.4 Å². The van der Waals surface area contributed by atoms with Crippen molar-refractivity contribution in [2.75, 3.05) is 0 Å². The van der Waals surface area contributed by atoms with Gasteiger partial charge in [-0.3, -0.25) is 0 Å². The lowest BCUT2D eigenvalue weighted by atomic mass is 9.92. The van der Waals surface area contributed by atoms with Crippen LogP contribution in [0.3, 0.4) is 0 Å². The fourth-order valence-electron chi connectivity index (χ4n) is 0.588. The summed E-state index contributed by atoms with van der Waals surface area (Å²) in [7, 11) is 0. The van der Waals surface area contributed by atoms with Crippen LogP contribution in [0.15, 0.2) is 0 Å². The number of hydrogen-bond donors (Lipinski definition) is 1. The van der Waals surface area contributed by atoms with E-state index >= 15 is 0 Å². The molecule has 1 fully saturated rings. The molecule has 0 spiro atoms. The van der Waals surface area contributed by atoms with Crippen LogP contribution in [-0.4, -0.2) is 12.2 Å². The SMILES string of the molecule is Cl.NC1CC(F)C1. The van der Waals surface area contributed by atoms with Gasteiger partial charge < -0.3 is 5.73 Å². The van der Waals surface area contributed by atoms with Crippen LogP contribution >= 0.6 is 12.4 Å². The van der Waals surface area contributed by atoms with Crippen LogP contribution in [0.25, 0.3) is 0 Å². The molecular formula is C4H9ClFN. The molecule has 1 aliphatic rings. The molecule has 1 saturated carbocycles. The third-order valence-electron chi connectivity index (χ3n) is 1.12. The van der Waals surface area contributed by atoms with Crippen molar-refractivity contribution in [2.24, 2.45) is 5.73 Å². The highest BCUT2D eigenvalue weighted by Gasteiger charge is 2.24. The van der Waals surface area contributed by atoms with Crippen molar-refractivity contribution in [1.29, 1.82) is 0 Å². The highest BCUT2D eigenvalue weighted by Crippen LogP contribution is 2.20. The predicted molar refractivity (Wildman–Crippen MR) is 29.4 cm³/mol. The van der Waals surface area contributed by atoms with Crippen LogP contribution in [0.5, 0.6) is 0 Å². The normalized spacial score (nSPS) is 38.6. The highest BCUT2D eigenvalue weighted by atomic mass is 35.5. The summed E-state index contributed by atoms with van der Waals surface area (Å²) < 4.78 is 11.7. The molecule has 1 nitrogen and oxygen atoms in total. The Labute approximate surface area is 48.5 Å². The first-order valence-electron chi connectivity index (χ1n) is 2.18. The average Bonchev–Trinajstić information content (AvgIpc) is 1.33. The minimum atomic E-state index is -0.583. The molecule has 3 heteroatoms. The molecule has 0 bridgehead atoms. The van der Waals surface area contributed by atoms with Crippen molar-refractivity contribution in [2.45, 2.75) is 25.1 Å². The summed E-state index contributed by atoms with van der Waals surface area (Å²) in [6.07, 6.45) is 0.583. The maximum absolute atomic E-state index is 11.7. The summed E-state index contributed by atoms with van der Waals surface area (Å²) in [5, 5.41) is 0. The Bertz CT molecular complexity index is 47.7. The van der Waals surface area contributed by atoms with Crippen molar-refractivity contribution in [3.63, 3.8) is 0 Å². The lowest BCUT2D eigenvalue weighted by Crippen LogP contribution is -2.37. The monoisotopic (exact) mass is 125 g/mol. The molecule has 2 N–H and O–H groups in total. The van der Waals surface area contributed by atoms with Crippen molar-refractivity contribution in [3.05, 3.63) is 0 Å². The maximum Gasteiger partial charge on any atom is 0.103 e. The van der Waals surface area contributed by atoms with E-state index in [9.17, 15) is 4.39 Å². The van der Waals surface area contributed by atoms with Gasteiger partial charge >= 0.3 is 0 Å². The molecule has 0 unspecified atom stereocenters. The minimum absolute atomic E-state index is 0. The molecule has 7 heavy (non-hydrogen) atoms. The Morgan fingerprint density at radius 2 is 1.86 bits per heavy atom. The number of alkyl halides is 1. The predicted octanol–water partition coefficient (Wildman–Crippen LogP) is 0.867. The Balaban J connectivity index is 0.000000360. The Kier molecular flexibility index (Phi) is 2.54. The first-order chi connectivity index (χ1) is 2.79. The Morgan fingerprint density at radius 3 is 1.86 bits per heavy atom. The topological polar surface area (TPSA) is 26.0 Å². The molecule has 1 aliphatic carbocycles. The first-order valence-corrected chi connectivity index (χ1v) is 2.18. The van der Waals surface area contributed by atoms with E-state index < -0.39 is 6.17 Å². The summed E-state index contributed by atoms with van der Waals surface area (Å²) in [5.41, 5.74) is 5.23. The molecule has 0 heterocycles. The molecule has 0 aromatic heterocycles. The van der Waals surface area contributed by atoms with E-state index in [0.29, 0.717) is 12.8 Å². The van der Waals surface area contributed by atoms with E-state index in [1.165, 1.54) is 0 Å². The van der Waals surface area contributed by atoms with E-state index in [1.807, 2.05) is 0 Å². The van der Waals surface area contributed by atoms with Gasteiger partial charge in [0.15, 0.2) is 0 Å². The van der Waals surface area contributed by atoms with Gasteiger partial charge in [0.1, 0.15) is 6.17 Å². The van der Waals surface area contributed by atoms with Crippen LogP contribution in [0.4, 0.5) is 4.39 Å². The van der Waals surface area contributed by atoms with Crippen LogP contribution in [0.1, 0.15) is 12.8 Å². The van der Waals surface area contributed by atoms with Gasteiger partial charge in [-0.2, -0.15) is 0 Å². The molecule has 0 radical (unpaired) electrons. The van der Waals surface area contributed by atoms with Crippen LogP contribution in [-0.2, 0) is 0 Å². The quantitative estimate of drug-likeness (QED) is 0.511. The fraction of sp³-hybridized carbons (Fsp3) is 1.00. The zero-order chi connectivity index (χ0) is 4.57. The zero-order valence-corrected chi connectivity index (χ0v) is 4.75. The van der Waals surface area contributed by atoms with Gasteiger partial charge in [-0.25, -0.2) is 4.39 Å². The van der Waals surface area contributed by atoms with Gasteiger partial charge in [0, 0.05) is 6.04 Å². The molecule has 0 atom stereocenters. The summed E-state index contributed by atoms with van der Waals surface area (Å²) in [5.74, 6) is 0. The zero-order valence-electron chi connectivity index (χ0n) is 3.93. The molecule has 0 saturated heterocycles. The average molecular weight is 126 g/mol. The molecule has 0 aromatic carbocycles. The van der Waals surface area contributed by atoms with Crippen molar-refractivity contribution < 1.29 is 4.39 Å². The van der Waals surface area contributed by atoms with Crippen LogP contribution in [0.2, 0.25) is 0 Å². The molecule has 0 aliphatic heterocycles. The number of rotatable bonds is 0. The molecule has 1 rings (SSSR count). The number of nitrogens with two attached hydrogens (primary N) is 1. The smallest absolute Gasteiger partial charge is 0.103 e. The maximum atomic E-state index is 11.7. The second kappa shape index (κ2) is 2.48. The van der Waals surface area contributed by atoms with Crippen molar-refractivity contribution >= 4 is 12.4 Å². The highest BCUT2D eigenvalue weighted by molar-refractivity contribution is 5.85. The lowest BCUT2D eigenvalue weighted by molar-refractivity contribution is 0.181. The lowest BCUT2D eigenvalue weighted by Gasteiger charge is -2.24. The van der Waals surface area contributed by atoms with Gasteiger partial charge in [0.25, 0.3) is 0 Å². The van der Waals surface area contributed by atoms with Gasteiger partial charge in [0.2, 0.25) is 0 Å². The van der Waals surface area contributed by atoms with Crippen LogP contribution in [0, 0.1) is 0 Å². The van der Waals surface area contributed by atoms with Crippen molar-refractivity contribution in [3.8, 4) is 0 Å². The van der Waals surface area contributed by atoms with E-state index in [4.69, 9.17) is 5.73 Å². The summed E-state index contributed by atoms with van der Waals surface area (Å²) >= 11 is 0. The second-order valence-corrected chi connectivity index (χ2v) is 1.83. The van der Waals surface area contributed by atoms with Crippen LogP contribution < -0.4 is 5.73 Å². The molecule has 44 valence electrons. The largest absolute Gasteiger partial charge is 0.327 e.